The summed E-state index contributed by atoms with van der Waals surface area (Å²) < 4.78 is 29.6. The molecule has 5 aromatic rings. The molecule has 4 nitrogen and oxygen atoms in total. The zero-order valence-corrected chi connectivity index (χ0v) is 21.1. The molecule has 0 aliphatic rings. The molecule has 0 unspecified atom stereocenters. The molecule has 5 rings (SSSR count). The van der Waals surface area contributed by atoms with E-state index in [1.165, 1.54) is 0 Å². The average Bonchev–Trinajstić information content (AvgIpc) is 3.19. The van der Waals surface area contributed by atoms with Crippen molar-refractivity contribution >= 4 is 10.9 Å². The summed E-state index contributed by atoms with van der Waals surface area (Å²) in [5, 5.41) is 9.75. The standard InChI is InChI=1S/C32H30FNO3/c1-22-18-26(36-2)12-14-28(22)32-31(33)29-19-27(37-21-25-6-4-3-5-7-25)13-15-30(29)34(32)20-24-10-8-23(9-11-24)16-17-35/h3-15,18-19,35H,16-17,20-21H2,1-2H3. The van der Waals surface area contributed by atoms with E-state index in [2.05, 4.69) is 0 Å². The maximum absolute atomic E-state index is 16.2. The fourth-order valence-corrected chi connectivity index (χ4v) is 4.70. The number of ether oxygens (including phenoxy) is 2. The number of aliphatic hydroxyl groups excluding tert-OH is 1. The smallest absolute Gasteiger partial charge is 0.156 e. The molecule has 4 aromatic carbocycles. The summed E-state index contributed by atoms with van der Waals surface area (Å²) >= 11 is 0. The molecule has 0 radical (unpaired) electrons. The molecule has 0 spiro atoms. The third kappa shape index (κ3) is 5.23. The SMILES string of the molecule is COc1ccc(-c2c(F)c3cc(OCc4ccccc4)ccc3n2Cc2ccc(CCO)cc2)c(C)c1. The topological polar surface area (TPSA) is 43.6 Å². The van der Waals surface area contributed by atoms with Gasteiger partial charge < -0.3 is 19.1 Å². The molecule has 0 fully saturated rings. The van der Waals surface area contributed by atoms with Crippen LogP contribution in [0.1, 0.15) is 22.3 Å². The van der Waals surface area contributed by atoms with Gasteiger partial charge in [-0.15, -0.1) is 0 Å². The van der Waals surface area contributed by atoms with Gasteiger partial charge in [-0.05, 0) is 72.0 Å². The normalized spacial score (nSPS) is 11.1. The maximum atomic E-state index is 16.2. The number of methoxy groups -OCH3 is 1. The quantitative estimate of drug-likeness (QED) is 0.241. The highest BCUT2D eigenvalue weighted by atomic mass is 19.1. The van der Waals surface area contributed by atoms with Gasteiger partial charge in [0.15, 0.2) is 5.82 Å². The maximum Gasteiger partial charge on any atom is 0.156 e. The molecular weight excluding hydrogens is 465 g/mol. The second kappa shape index (κ2) is 10.9. The van der Waals surface area contributed by atoms with Crippen LogP contribution in [0.4, 0.5) is 4.39 Å². The van der Waals surface area contributed by atoms with Gasteiger partial charge >= 0.3 is 0 Å². The number of aromatic nitrogens is 1. The fourth-order valence-electron chi connectivity index (χ4n) is 4.70. The van der Waals surface area contributed by atoms with E-state index >= 15 is 4.39 Å². The minimum atomic E-state index is -0.273. The van der Waals surface area contributed by atoms with Gasteiger partial charge in [0.2, 0.25) is 0 Å². The lowest BCUT2D eigenvalue weighted by atomic mass is 10.0. The van der Waals surface area contributed by atoms with Crippen LogP contribution in [0.3, 0.4) is 0 Å². The van der Waals surface area contributed by atoms with Crippen molar-refractivity contribution in [2.45, 2.75) is 26.5 Å². The largest absolute Gasteiger partial charge is 0.497 e. The summed E-state index contributed by atoms with van der Waals surface area (Å²) in [4.78, 5) is 0. The van der Waals surface area contributed by atoms with Crippen molar-refractivity contribution in [3.63, 3.8) is 0 Å². The molecule has 188 valence electrons. The van der Waals surface area contributed by atoms with E-state index in [0.717, 1.165) is 39.1 Å². The van der Waals surface area contributed by atoms with E-state index in [1.807, 2.05) is 96.4 Å². The lowest BCUT2D eigenvalue weighted by Gasteiger charge is -2.14. The summed E-state index contributed by atoms with van der Waals surface area (Å²) in [5.41, 5.74) is 6.26. The van der Waals surface area contributed by atoms with Gasteiger partial charge in [-0.1, -0.05) is 54.6 Å². The van der Waals surface area contributed by atoms with Crippen molar-refractivity contribution in [1.29, 1.82) is 0 Å². The minimum Gasteiger partial charge on any atom is -0.497 e. The number of rotatable bonds is 9. The van der Waals surface area contributed by atoms with Crippen LogP contribution >= 0.6 is 0 Å². The van der Waals surface area contributed by atoms with Crippen LogP contribution in [0.15, 0.2) is 91.0 Å². The Balaban J connectivity index is 1.58. The number of aryl methyl sites for hydroxylation is 1. The molecule has 5 heteroatoms. The number of benzene rings is 4. The van der Waals surface area contributed by atoms with Crippen molar-refractivity contribution in [3.05, 3.63) is 119 Å². The van der Waals surface area contributed by atoms with Crippen molar-refractivity contribution in [1.82, 2.24) is 4.57 Å². The first-order valence-electron chi connectivity index (χ1n) is 12.4. The molecule has 0 aliphatic carbocycles. The van der Waals surface area contributed by atoms with Crippen LogP contribution < -0.4 is 9.47 Å². The summed E-state index contributed by atoms with van der Waals surface area (Å²) in [5.74, 6) is 1.09. The molecule has 0 bridgehead atoms. The number of aliphatic hydroxyl groups is 1. The van der Waals surface area contributed by atoms with Crippen LogP contribution in [0.25, 0.3) is 22.2 Å². The van der Waals surface area contributed by atoms with Gasteiger partial charge in [0.1, 0.15) is 18.1 Å². The van der Waals surface area contributed by atoms with E-state index in [1.54, 1.807) is 13.2 Å². The molecule has 1 N–H and O–H groups in total. The van der Waals surface area contributed by atoms with E-state index < -0.39 is 0 Å². The first-order chi connectivity index (χ1) is 18.1. The number of halogens is 1. The van der Waals surface area contributed by atoms with Gasteiger partial charge in [0.05, 0.1) is 18.3 Å². The van der Waals surface area contributed by atoms with Gasteiger partial charge in [-0.2, -0.15) is 0 Å². The highest BCUT2D eigenvalue weighted by Crippen LogP contribution is 2.37. The predicted molar refractivity (Wildman–Crippen MR) is 146 cm³/mol. The van der Waals surface area contributed by atoms with E-state index in [-0.39, 0.29) is 12.4 Å². The lowest BCUT2D eigenvalue weighted by molar-refractivity contribution is 0.299. The number of nitrogens with zero attached hydrogens (tertiary/aromatic N) is 1. The summed E-state index contributed by atoms with van der Waals surface area (Å²) in [7, 11) is 1.63. The Labute approximate surface area is 216 Å². The molecule has 0 saturated heterocycles. The molecule has 1 heterocycles. The highest BCUT2D eigenvalue weighted by molar-refractivity contribution is 5.90. The molecule has 0 amide bonds. The highest BCUT2D eigenvalue weighted by Gasteiger charge is 2.21. The van der Waals surface area contributed by atoms with Gasteiger partial charge in [-0.25, -0.2) is 4.39 Å². The third-order valence-corrected chi connectivity index (χ3v) is 6.67. The molecule has 0 atom stereocenters. The predicted octanol–water partition coefficient (Wildman–Crippen LogP) is 6.93. The molecular formula is C32H30FNO3. The Bertz CT molecular complexity index is 1510. The fraction of sp³-hybridized carbons (Fsp3) is 0.188. The Morgan fingerprint density at radius 3 is 2.24 bits per heavy atom. The third-order valence-electron chi connectivity index (χ3n) is 6.67. The Hall–Kier alpha value is -4.09. The Morgan fingerprint density at radius 1 is 0.811 bits per heavy atom. The van der Waals surface area contributed by atoms with E-state index in [9.17, 15) is 5.11 Å². The summed E-state index contributed by atoms with van der Waals surface area (Å²) in [6.45, 7) is 3.00. The van der Waals surface area contributed by atoms with E-state index in [0.29, 0.717) is 36.4 Å². The second-order valence-corrected chi connectivity index (χ2v) is 9.17. The van der Waals surface area contributed by atoms with Crippen LogP contribution in [-0.4, -0.2) is 23.4 Å². The average molecular weight is 496 g/mol. The van der Waals surface area contributed by atoms with Crippen LogP contribution in [0.5, 0.6) is 11.5 Å². The zero-order valence-electron chi connectivity index (χ0n) is 21.1. The molecule has 0 saturated carbocycles. The number of hydrogen-bond donors (Lipinski definition) is 1. The summed E-state index contributed by atoms with van der Waals surface area (Å²) in [6.07, 6.45) is 0.614. The lowest BCUT2D eigenvalue weighted by Crippen LogP contribution is -2.04. The monoisotopic (exact) mass is 495 g/mol. The van der Waals surface area contributed by atoms with Crippen LogP contribution in [0.2, 0.25) is 0 Å². The Morgan fingerprint density at radius 2 is 1.54 bits per heavy atom. The first-order valence-corrected chi connectivity index (χ1v) is 12.4. The number of hydrogen-bond acceptors (Lipinski definition) is 3. The van der Waals surface area contributed by atoms with Crippen LogP contribution in [-0.2, 0) is 19.6 Å². The second-order valence-electron chi connectivity index (χ2n) is 9.17. The van der Waals surface area contributed by atoms with Crippen LogP contribution in [0, 0.1) is 12.7 Å². The first kappa shape index (κ1) is 24.6. The van der Waals surface area contributed by atoms with E-state index in [4.69, 9.17) is 9.47 Å². The number of fused-ring (bicyclic) bond motifs is 1. The molecule has 37 heavy (non-hydrogen) atoms. The zero-order chi connectivity index (χ0) is 25.8. The van der Waals surface area contributed by atoms with Gasteiger partial charge in [0.25, 0.3) is 0 Å². The summed E-state index contributed by atoms with van der Waals surface area (Å²) in [6, 6.07) is 29.4. The molecule has 1 aromatic heterocycles. The van der Waals surface area contributed by atoms with Crippen molar-refractivity contribution in [3.8, 4) is 22.8 Å². The Kier molecular flexibility index (Phi) is 7.24. The van der Waals surface area contributed by atoms with Crippen molar-refractivity contribution < 1.29 is 19.0 Å². The van der Waals surface area contributed by atoms with Gasteiger partial charge in [0, 0.05) is 24.1 Å². The van der Waals surface area contributed by atoms with Crippen molar-refractivity contribution in [2.24, 2.45) is 0 Å². The van der Waals surface area contributed by atoms with Gasteiger partial charge in [-0.3, -0.25) is 0 Å². The van der Waals surface area contributed by atoms with Crippen molar-refractivity contribution in [2.75, 3.05) is 13.7 Å². The molecule has 0 aliphatic heterocycles. The minimum absolute atomic E-state index is 0.113.